The van der Waals surface area contributed by atoms with Crippen molar-refractivity contribution in [3.05, 3.63) is 58.9 Å². The van der Waals surface area contributed by atoms with Gasteiger partial charge in [-0.05, 0) is 43.3 Å². The number of thioether (sulfide) groups is 1. The predicted molar refractivity (Wildman–Crippen MR) is 105 cm³/mol. The van der Waals surface area contributed by atoms with Gasteiger partial charge in [0.05, 0.1) is 23.6 Å². The molecule has 0 unspecified atom stereocenters. The highest BCUT2D eigenvalue weighted by atomic mass is 32.2. The highest BCUT2D eigenvalue weighted by Crippen LogP contribution is 2.24. The van der Waals surface area contributed by atoms with Crippen LogP contribution in [0, 0.1) is 6.92 Å². The second-order valence-corrected chi connectivity index (χ2v) is 7.45. The van der Waals surface area contributed by atoms with Crippen molar-refractivity contribution in [1.29, 1.82) is 0 Å². The molecule has 0 saturated heterocycles. The molecule has 0 saturated carbocycles. The fraction of sp³-hybridized carbons (Fsp3) is 0.158. The lowest BCUT2D eigenvalue weighted by molar-refractivity contribution is -0.113. The molecule has 4 nitrogen and oxygen atoms in total. The maximum Gasteiger partial charge on any atom is 0.234 e. The Morgan fingerprint density at radius 1 is 1.16 bits per heavy atom. The van der Waals surface area contributed by atoms with Crippen molar-refractivity contribution in [2.45, 2.75) is 11.8 Å². The summed E-state index contributed by atoms with van der Waals surface area (Å²) in [5.74, 6) is 1.14. The minimum Gasteiger partial charge on any atom is -0.497 e. The second-order valence-electron chi connectivity index (χ2n) is 5.34. The minimum atomic E-state index is -0.0296. The number of benzene rings is 2. The summed E-state index contributed by atoms with van der Waals surface area (Å²) in [7, 11) is 1.64. The van der Waals surface area contributed by atoms with Gasteiger partial charge >= 0.3 is 0 Å². The van der Waals surface area contributed by atoms with E-state index in [1.54, 1.807) is 18.4 Å². The van der Waals surface area contributed by atoms with Crippen molar-refractivity contribution >= 4 is 34.7 Å². The molecule has 2 aromatic carbocycles. The normalized spacial score (nSPS) is 10.5. The Kier molecular flexibility index (Phi) is 5.73. The Hall–Kier alpha value is -2.31. The van der Waals surface area contributed by atoms with Crippen LogP contribution in [0.4, 0.5) is 5.69 Å². The Labute approximate surface area is 155 Å². The van der Waals surface area contributed by atoms with Gasteiger partial charge in [-0.3, -0.25) is 4.79 Å². The van der Waals surface area contributed by atoms with E-state index >= 15 is 0 Å². The zero-order chi connectivity index (χ0) is 17.6. The first kappa shape index (κ1) is 17.5. The van der Waals surface area contributed by atoms with Gasteiger partial charge in [-0.15, -0.1) is 23.1 Å². The number of amides is 1. The fourth-order valence-corrected chi connectivity index (χ4v) is 3.56. The molecule has 0 aliphatic heterocycles. The van der Waals surface area contributed by atoms with Crippen LogP contribution in [0.3, 0.4) is 0 Å². The van der Waals surface area contributed by atoms with E-state index in [0.717, 1.165) is 32.6 Å². The van der Waals surface area contributed by atoms with Crippen LogP contribution in [0.5, 0.6) is 5.75 Å². The predicted octanol–water partition coefficient (Wildman–Crippen LogP) is 4.86. The first-order chi connectivity index (χ1) is 12.1. The molecule has 3 rings (SSSR count). The van der Waals surface area contributed by atoms with E-state index in [9.17, 15) is 4.79 Å². The summed E-state index contributed by atoms with van der Waals surface area (Å²) in [4.78, 5) is 17.6. The lowest BCUT2D eigenvalue weighted by Gasteiger charge is -2.06. The molecule has 3 aromatic rings. The van der Waals surface area contributed by atoms with E-state index in [1.807, 2.05) is 60.8 Å². The van der Waals surface area contributed by atoms with Gasteiger partial charge in [0.1, 0.15) is 5.75 Å². The summed E-state index contributed by atoms with van der Waals surface area (Å²) in [5.41, 5.74) is 2.81. The largest absolute Gasteiger partial charge is 0.497 e. The fourth-order valence-electron chi connectivity index (χ4n) is 2.24. The number of carbonyl (C=O) groups is 1. The number of rotatable bonds is 6. The highest BCUT2D eigenvalue weighted by molar-refractivity contribution is 8.00. The van der Waals surface area contributed by atoms with Gasteiger partial charge in [0.25, 0.3) is 0 Å². The number of anilines is 1. The van der Waals surface area contributed by atoms with Crippen molar-refractivity contribution in [2.75, 3.05) is 18.2 Å². The maximum absolute atomic E-state index is 12.1. The third kappa shape index (κ3) is 4.84. The molecule has 128 valence electrons. The molecule has 6 heteroatoms. The second kappa shape index (κ2) is 8.18. The van der Waals surface area contributed by atoms with Crippen LogP contribution >= 0.6 is 23.1 Å². The van der Waals surface area contributed by atoms with Crippen molar-refractivity contribution in [2.24, 2.45) is 0 Å². The lowest BCUT2D eigenvalue weighted by Crippen LogP contribution is -2.13. The van der Waals surface area contributed by atoms with Gasteiger partial charge in [0, 0.05) is 21.5 Å². The summed E-state index contributed by atoms with van der Waals surface area (Å²) in [5, 5.41) is 6.00. The molecule has 1 heterocycles. The molecule has 0 atom stereocenters. The minimum absolute atomic E-state index is 0.0296. The third-order valence-corrected chi connectivity index (χ3v) is 5.30. The average Bonchev–Trinajstić information content (AvgIpc) is 3.07. The molecule has 25 heavy (non-hydrogen) atoms. The molecule has 0 fully saturated rings. The zero-order valence-corrected chi connectivity index (χ0v) is 15.6. The van der Waals surface area contributed by atoms with Crippen LogP contribution in [0.25, 0.3) is 11.3 Å². The Morgan fingerprint density at radius 2 is 1.88 bits per heavy atom. The van der Waals surface area contributed by atoms with Crippen molar-refractivity contribution < 1.29 is 9.53 Å². The molecular weight excluding hydrogens is 352 g/mol. The number of methoxy groups -OCH3 is 1. The summed E-state index contributed by atoms with van der Waals surface area (Å²) < 4.78 is 5.12. The molecule has 0 aliphatic carbocycles. The third-order valence-electron chi connectivity index (χ3n) is 3.51. The molecule has 1 N–H and O–H groups in total. The Morgan fingerprint density at radius 3 is 2.48 bits per heavy atom. The van der Waals surface area contributed by atoms with E-state index in [-0.39, 0.29) is 5.91 Å². The molecule has 1 amide bonds. The molecule has 1 aromatic heterocycles. The van der Waals surface area contributed by atoms with Crippen LogP contribution in [-0.4, -0.2) is 23.8 Å². The topological polar surface area (TPSA) is 51.2 Å². The number of thiazole rings is 1. The zero-order valence-electron chi connectivity index (χ0n) is 14.0. The first-order valence-electron chi connectivity index (χ1n) is 7.73. The highest BCUT2D eigenvalue weighted by Gasteiger charge is 2.06. The summed E-state index contributed by atoms with van der Waals surface area (Å²) >= 11 is 3.12. The van der Waals surface area contributed by atoms with Gasteiger partial charge < -0.3 is 10.1 Å². The number of hydrogen-bond acceptors (Lipinski definition) is 5. The molecule has 0 aliphatic rings. The molecular formula is C19H18N2O2S2. The number of carbonyl (C=O) groups excluding carboxylic acids is 1. The number of nitrogens with one attached hydrogen (secondary N) is 1. The number of nitrogens with zero attached hydrogens (tertiary/aromatic N) is 1. The van der Waals surface area contributed by atoms with E-state index in [1.165, 1.54) is 11.8 Å². The number of aromatic nitrogens is 1. The van der Waals surface area contributed by atoms with E-state index in [4.69, 9.17) is 4.74 Å². The quantitative estimate of drug-likeness (QED) is 0.630. The van der Waals surface area contributed by atoms with Crippen LogP contribution in [0.2, 0.25) is 0 Å². The molecule has 0 bridgehead atoms. The Bertz CT molecular complexity index is 843. The summed E-state index contributed by atoms with van der Waals surface area (Å²) in [6.07, 6.45) is 0. The first-order valence-corrected chi connectivity index (χ1v) is 9.60. The summed E-state index contributed by atoms with van der Waals surface area (Å²) in [6.45, 7) is 1.99. The Balaban J connectivity index is 1.53. The smallest absolute Gasteiger partial charge is 0.234 e. The van der Waals surface area contributed by atoms with E-state index in [2.05, 4.69) is 10.3 Å². The van der Waals surface area contributed by atoms with Crippen LogP contribution in [0.1, 0.15) is 5.01 Å². The van der Waals surface area contributed by atoms with Crippen LogP contribution in [0.15, 0.2) is 58.8 Å². The molecule has 0 spiro atoms. The van der Waals surface area contributed by atoms with E-state index < -0.39 is 0 Å². The summed E-state index contributed by atoms with van der Waals surface area (Å²) in [6, 6.07) is 15.4. The molecule has 0 radical (unpaired) electrons. The average molecular weight is 370 g/mol. The van der Waals surface area contributed by atoms with E-state index in [0.29, 0.717) is 5.75 Å². The van der Waals surface area contributed by atoms with Gasteiger partial charge in [-0.25, -0.2) is 4.98 Å². The van der Waals surface area contributed by atoms with Crippen molar-refractivity contribution in [3.63, 3.8) is 0 Å². The van der Waals surface area contributed by atoms with Crippen molar-refractivity contribution in [1.82, 2.24) is 4.98 Å². The van der Waals surface area contributed by atoms with Gasteiger partial charge in [0.15, 0.2) is 0 Å². The number of aryl methyl sites for hydroxylation is 1. The lowest BCUT2D eigenvalue weighted by atomic mass is 10.1. The van der Waals surface area contributed by atoms with Gasteiger partial charge in [0.2, 0.25) is 5.91 Å². The standard InChI is InChI=1S/C19H18N2O2S2/c1-13-20-18(11-24-13)14-3-5-15(6-4-14)21-19(22)12-25-17-9-7-16(23-2)8-10-17/h3-11H,12H2,1-2H3,(H,21,22). The van der Waals surface area contributed by atoms with Crippen LogP contribution in [-0.2, 0) is 4.79 Å². The van der Waals surface area contributed by atoms with Gasteiger partial charge in [-0.1, -0.05) is 12.1 Å². The number of ether oxygens (including phenoxy) is 1. The monoisotopic (exact) mass is 370 g/mol. The maximum atomic E-state index is 12.1. The SMILES string of the molecule is COc1ccc(SCC(=O)Nc2ccc(-c3csc(C)n3)cc2)cc1. The van der Waals surface area contributed by atoms with Crippen LogP contribution < -0.4 is 10.1 Å². The van der Waals surface area contributed by atoms with Crippen molar-refractivity contribution in [3.8, 4) is 17.0 Å². The van der Waals surface area contributed by atoms with Gasteiger partial charge in [-0.2, -0.15) is 0 Å². The number of hydrogen-bond donors (Lipinski definition) is 1.